The van der Waals surface area contributed by atoms with Crippen LogP contribution < -0.4 is 10.9 Å². The highest BCUT2D eigenvalue weighted by Crippen LogP contribution is 1.94. The van der Waals surface area contributed by atoms with Gasteiger partial charge in [0.25, 0.3) is 5.56 Å². The van der Waals surface area contributed by atoms with Crippen molar-refractivity contribution < 1.29 is 14.3 Å². The molecule has 0 spiro atoms. The van der Waals surface area contributed by atoms with Gasteiger partial charge in [0.1, 0.15) is 0 Å². The first-order valence-corrected chi connectivity index (χ1v) is 7.19. The number of carbonyl (C=O) groups is 2. The molecule has 7 heteroatoms. The molecule has 0 atom stereocenters. The Morgan fingerprint density at radius 3 is 2.82 bits per heavy atom. The van der Waals surface area contributed by atoms with Crippen LogP contribution in [0, 0.1) is 0 Å². The minimum Gasteiger partial charge on any atom is -0.385 e. The third-order valence-electron chi connectivity index (χ3n) is 3.12. The van der Waals surface area contributed by atoms with Crippen molar-refractivity contribution in [2.75, 3.05) is 33.9 Å². The molecule has 0 saturated carbocycles. The summed E-state index contributed by atoms with van der Waals surface area (Å²) in [5.74, 6) is -0.383. The van der Waals surface area contributed by atoms with Gasteiger partial charge in [-0.15, -0.1) is 0 Å². The van der Waals surface area contributed by atoms with E-state index < -0.39 is 0 Å². The van der Waals surface area contributed by atoms with Crippen LogP contribution in [0.4, 0.5) is 0 Å². The SMILES string of the molecule is COCCCNC(=O)CN(C)C(=O)CCn1ccccc1=O. The second-order valence-electron chi connectivity index (χ2n) is 4.93. The minimum absolute atomic E-state index is 0.00943. The van der Waals surface area contributed by atoms with E-state index in [1.54, 1.807) is 32.5 Å². The lowest BCUT2D eigenvalue weighted by Crippen LogP contribution is -2.39. The molecule has 1 rings (SSSR count). The van der Waals surface area contributed by atoms with E-state index in [0.717, 1.165) is 6.42 Å². The van der Waals surface area contributed by atoms with Crippen LogP contribution in [0.15, 0.2) is 29.2 Å². The molecule has 1 N–H and O–H groups in total. The molecule has 1 aromatic rings. The summed E-state index contributed by atoms with van der Waals surface area (Å²) in [6.45, 7) is 1.42. The number of rotatable bonds is 9. The van der Waals surface area contributed by atoms with Crippen molar-refractivity contribution in [2.45, 2.75) is 19.4 Å². The second kappa shape index (κ2) is 9.73. The molecule has 0 bridgehead atoms. The molecule has 22 heavy (non-hydrogen) atoms. The Bertz CT molecular complexity index is 542. The van der Waals surface area contributed by atoms with Crippen molar-refractivity contribution >= 4 is 11.8 Å². The number of likely N-dealkylation sites (N-methyl/N-ethyl adjacent to an activating group) is 1. The number of carbonyl (C=O) groups excluding carboxylic acids is 2. The summed E-state index contributed by atoms with van der Waals surface area (Å²) in [5, 5.41) is 2.72. The molecule has 0 unspecified atom stereocenters. The van der Waals surface area contributed by atoms with E-state index in [4.69, 9.17) is 4.74 Å². The monoisotopic (exact) mass is 309 g/mol. The fraction of sp³-hybridized carbons (Fsp3) is 0.533. The number of amides is 2. The topological polar surface area (TPSA) is 80.6 Å². The van der Waals surface area contributed by atoms with Gasteiger partial charge in [0, 0.05) is 52.5 Å². The average molecular weight is 309 g/mol. The number of hydrogen-bond donors (Lipinski definition) is 1. The summed E-state index contributed by atoms with van der Waals surface area (Å²) in [6, 6.07) is 4.84. The summed E-state index contributed by atoms with van der Waals surface area (Å²) in [6.07, 6.45) is 2.55. The van der Waals surface area contributed by atoms with Crippen molar-refractivity contribution in [3.05, 3.63) is 34.7 Å². The molecule has 2 amide bonds. The zero-order chi connectivity index (χ0) is 16.4. The van der Waals surface area contributed by atoms with Crippen molar-refractivity contribution in [2.24, 2.45) is 0 Å². The van der Waals surface area contributed by atoms with Gasteiger partial charge in [-0.25, -0.2) is 0 Å². The van der Waals surface area contributed by atoms with Crippen LogP contribution >= 0.6 is 0 Å². The van der Waals surface area contributed by atoms with Gasteiger partial charge in [0.05, 0.1) is 6.54 Å². The van der Waals surface area contributed by atoms with Crippen LogP contribution in [0.25, 0.3) is 0 Å². The second-order valence-corrected chi connectivity index (χ2v) is 4.93. The predicted octanol–water partition coefficient (Wildman–Crippen LogP) is -0.150. The van der Waals surface area contributed by atoms with Gasteiger partial charge in [0.15, 0.2) is 0 Å². The Morgan fingerprint density at radius 1 is 1.36 bits per heavy atom. The zero-order valence-corrected chi connectivity index (χ0v) is 13.1. The molecule has 0 aliphatic carbocycles. The number of ether oxygens (including phenoxy) is 1. The third-order valence-corrected chi connectivity index (χ3v) is 3.12. The molecule has 0 aromatic carbocycles. The van der Waals surface area contributed by atoms with E-state index in [9.17, 15) is 14.4 Å². The zero-order valence-electron chi connectivity index (χ0n) is 13.1. The number of pyridine rings is 1. The Hall–Kier alpha value is -2.15. The van der Waals surface area contributed by atoms with Gasteiger partial charge >= 0.3 is 0 Å². The summed E-state index contributed by atoms with van der Waals surface area (Å²) >= 11 is 0. The minimum atomic E-state index is -0.205. The molecular formula is C15H23N3O4. The van der Waals surface area contributed by atoms with Crippen molar-refractivity contribution in [1.29, 1.82) is 0 Å². The molecule has 1 heterocycles. The van der Waals surface area contributed by atoms with Gasteiger partial charge in [-0.05, 0) is 12.5 Å². The molecule has 122 valence electrons. The van der Waals surface area contributed by atoms with Crippen LogP contribution in [0.3, 0.4) is 0 Å². The maximum Gasteiger partial charge on any atom is 0.250 e. The van der Waals surface area contributed by atoms with E-state index in [1.807, 2.05) is 0 Å². The normalized spacial score (nSPS) is 10.3. The van der Waals surface area contributed by atoms with Crippen LogP contribution in [-0.4, -0.2) is 55.1 Å². The Kier molecular flexibility index (Phi) is 7.91. The fourth-order valence-electron chi connectivity index (χ4n) is 1.86. The number of nitrogens with one attached hydrogen (secondary N) is 1. The van der Waals surface area contributed by atoms with E-state index >= 15 is 0 Å². The molecule has 0 aliphatic heterocycles. The van der Waals surface area contributed by atoms with Crippen molar-refractivity contribution in [3.8, 4) is 0 Å². The lowest BCUT2D eigenvalue weighted by atomic mass is 10.3. The van der Waals surface area contributed by atoms with Crippen LogP contribution in [0.1, 0.15) is 12.8 Å². The highest BCUT2D eigenvalue weighted by molar-refractivity contribution is 5.84. The predicted molar refractivity (Wildman–Crippen MR) is 82.5 cm³/mol. The molecular weight excluding hydrogens is 286 g/mol. The van der Waals surface area contributed by atoms with Gasteiger partial charge in [-0.2, -0.15) is 0 Å². The van der Waals surface area contributed by atoms with Crippen LogP contribution in [0.2, 0.25) is 0 Å². The quantitative estimate of drug-likeness (QED) is 0.643. The molecule has 1 aromatic heterocycles. The number of methoxy groups -OCH3 is 1. The molecule has 0 aliphatic rings. The highest BCUT2D eigenvalue weighted by atomic mass is 16.5. The smallest absolute Gasteiger partial charge is 0.250 e. The first-order valence-electron chi connectivity index (χ1n) is 7.19. The number of aromatic nitrogens is 1. The largest absolute Gasteiger partial charge is 0.385 e. The van der Waals surface area contributed by atoms with Crippen LogP contribution in [0.5, 0.6) is 0 Å². The first-order chi connectivity index (χ1) is 10.5. The standard InChI is InChI=1S/C15H23N3O4/c1-17(12-13(19)16-8-5-11-22-2)14(20)7-10-18-9-4-3-6-15(18)21/h3-4,6,9H,5,7-8,10-12H2,1-2H3,(H,16,19). The Morgan fingerprint density at radius 2 is 2.14 bits per heavy atom. The maximum absolute atomic E-state index is 11.9. The average Bonchev–Trinajstić information content (AvgIpc) is 2.50. The lowest BCUT2D eigenvalue weighted by Gasteiger charge is -2.17. The van der Waals surface area contributed by atoms with E-state index in [1.165, 1.54) is 15.5 Å². The molecule has 0 fully saturated rings. The van der Waals surface area contributed by atoms with Gasteiger partial charge < -0.3 is 19.5 Å². The number of hydrogen-bond acceptors (Lipinski definition) is 4. The van der Waals surface area contributed by atoms with Gasteiger partial charge in [-0.1, -0.05) is 6.07 Å². The third kappa shape index (κ3) is 6.53. The number of nitrogens with zero attached hydrogens (tertiary/aromatic N) is 2. The Balaban J connectivity index is 2.31. The van der Waals surface area contributed by atoms with E-state index in [-0.39, 0.29) is 30.3 Å². The number of aryl methyl sites for hydroxylation is 1. The highest BCUT2D eigenvalue weighted by Gasteiger charge is 2.12. The molecule has 0 saturated heterocycles. The maximum atomic E-state index is 11.9. The van der Waals surface area contributed by atoms with E-state index in [2.05, 4.69) is 5.32 Å². The molecule has 7 nitrogen and oxygen atoms in total. The summed E-state index contributed by atoms with van der Waals surface area (Å²) in [5.41, 5.74) is -0.145. The van der Waals surface area contributed by atoms with E-state index in [0.29, 0.717) is 19.7 Å². The van der Waals surface area contributed by atoms with Gasteiger partial charge in [-0.3, -0.25) is 14.4 Å². The summed E-state index contributed by atoms with van der Waals surface area (Å²) < 4.78 is 6.35. The fourth-order valence-corrected chi connectivity index (χ4v) is 1.86. The van der Waals surface area contributed by atoms with Crippen molar-refractivity contribution in [3.63, 3.8) is 0 Å². The van der Waals surface area contributed by atoms with Gasteiger partial charge in [0.2, 0.25) is 11.8 Å². The Labute approximate surface area is 129 Å². The summed E-state index contributed by atoms with van der Waals surface area (Å²) in [4.78, 5) is 36.5. The lowest BCUT2D eigenvalue weighted by molar-refractivity contribution is -0.134. The first kappa shape index (κ1) is 17.9. The summed E-state index contributed by atoms with van der Waals surface area (Å²) in [7, 11) is 3.18. The molecule has 0 radical (unpaired) electrons. The van der Waals surface area contributed by atoms with Crippen LogP contribution in [-0.2, 0) is 20.9 Å². The van der Waals surface area contributed by atoms with Crippen molar-refractivity contribution in [1.82, 2.24) is 14.8 Å².